The fourth-order valence-corrected chi connectivity index (χ4v) is 3.16. The van der Waals surface area contributed by atoms with E-state index in [2.05, 4.69) is 5.32 Å². The molecule has 0 aromatic heterocycles. The van der Waals surface area contributed by atoms with Gasteiger partial charge in [-0.3, -0.25) is 14.4 Å². The van der Waals surface area contributed by atoms with E-state index in [0.717, 1.165) is 5.75 Å². The number of nitrogens with one attached hydrogen (secondary N) is 1. The van der Waals surface area contributed by atoms with E-state index >= 15 is 0 Å². The molecule has 1 saturated heterocycles. The van der Waals surface area contributed by atoms with Crippen LogP contribution in [0.5, 0.6) is 5.75 Å². The number of amides is 2. The van der Waals surface area contributed by atoms with E-state index in [9.17, 15) is 14.4 Å². The van der Waals surface area contributed by atoms with Gasteiger partial charge >= 0.3 is 5.97 Å². The molecule has 7 nitrogen and oxygen atoms in total. The minimum atomic E-state index is -0.900. The highest BCUT2D eigenvalue weighted by Crippen LogP contribution is 2.24. The van der Waals surface area contributed by atoms with Crippen LogP contribution in [0.3, 0.4) is 0 Å². The Labute approximate surface area is 172 Å². The van der Waals surface area contributed by atoms with E-state index in [0.29, 0.717) is 38.2 Å². The molecule has 1 aliphatic rings. The second-order valence-corrected chi connectivity index (χ2v) is 8.34. The third-order valence-corrected chi connectivity index (χ3v) is 4.85. The molecule has 2 rings (SSSR count). The van der Waals surface area contributed by atoms with Gasteiger partial charge in [-0.15, -0.1) is 0 Å². The van der Waals surface area contributed by atoms with E-state index in [-0.39, 0.29) is 23.7 Å². The Hall–Kier alpha value is -2.57. The molecule has 1 fully saturated rings. The van der Waals surface area contributed by atoms with E-state index in [1.54, 1.807) is 36.1 Å². The number of piperidine rings is 1. The van der Waals surface area contributed by atoms with Crippen LogP contribution in [0.1, 0.15) is 47.5 Å². The number of hydrogen-bond donors (Lipinski definition) is 1. The molecule has 0 bridgehead atoms. The zero-order valence-electron chi connectivity index (χ0n) is 18.0. The van der Waals surface area contributed by atoms with Gasteiger partial charge in [0.15, 0.2) is 6.10 Å². The molecule has 0 spiro atoms. The molecule has 29 heavy (non-hydrogen) atoms. The van der Waals surface area contributed by atoms with E-state index in [4.69, 9.17) is 9.47 Å². The topological polar surface area (TPSA) is 84.9 Å². The molecule has 1 unspecified atom stereocenters. The number of nitrogens with zero attached hydrogens (tertiary/aromatic N) is 1. The smallest absolute Gasteiger partial charge is 0.309 e. The van der Waals surface area contributed by atoms with Crippen LogP contribution in [-0.4, -0.2) is 48.5 Å². The lowest BCUT2D eigenvalue weighted by molar-refractivity contribution is -0.160. The lowest BCUT2D eigenvalue weighted by Crippen LogP contribution is -2.45. The number of likely N-dealkylation sites (tertiary alicyclic amines) is 1. The zero-order chi connectivity index (χ0) is 21.6. The molecule has 1 aromatic rings. The van der Waals surface area contributed by atoms with Crippen LogP contribution >= 0.6 is 0 Å². The van der Waals surface area contributed by atoms with Crippen molar-refractivity contribution in [3.63, 3.8) is 0 Å². The van der Waals surface area contributed by atoms with E-state index < -0.39 is 11.5 Å². The Morgan fingerprint density at radius 1 is 1.14 bits per heavy atom. The quantitative estimate of drug-likeness (QED) is 0.736. The summed E-state index contributed by atoms with van der Waals surface area (Å²) in [6, 6.07) is 7.00. The molecule has 160 valence electrons. The number of anilines is 1. The third-order valence-electron chi connectivity index (χ3n) is 4.85. The second kappa shape index (κ2) is 9.76. The Morgan fingerprint density at radius 3 is 2.24 bits per heavy atom. The lowest BCUT2D eigenvalue weighted by atomic mass is 9.91. The molecule has 2 amide bonds. The maximum atomic E-state index is 12.4. The highest BCUT2D eigenvalue weighted by Gasteiger charge is 2.33. The second-order valence-electron chi connectivity index (χ2n) is 8.34. The number of carbonyl (C=O) groups is 3. The molecule has 1 aliphatic heterocycles. The minimum absolute atomic E-state index is 0.0902. The van der Waals surface area contributed by atoms with Gasteiger partial charge in [0, 0.05) is 24.2 Å². The predicted molar refractivity (Wildman–Crippen MR) is 111 cm³/mol. The van der Waals surface area contributed by atoms with Crippen LogP contribution in [0.2, 0.25) is 0 Å². The highest BCUT2D eigenvalue weighted by atomic mass is 16.5. The standard InChI is InChI=1S/C22H32N2O5/c1-6-28-18-9-7-17(8-10-18)23-19(25)15(2)29-20(26)16-11-13-24(14-12-16)21(27)22(3,4)5/h7-10,15-16H,6,11-14H2,1-5H3,(H,23,25). The summed E-state index contributed by atoms with van der Waals surface area (Å²) in [5, 5.41) is 2.73. The Bertz CT molecular complexity index is 716. The lowest BCUT2D eigenvalue weighted by Gasteiger charge is -2.35. The number of rotatable bonds is 6. The number of benzene rings is 1. The first-order chi connectivity index (χ1) is 13.6. The van der Waals surface area contributed by atoms with Crippen molar-refractivity contribution in [2.75, 3.05) is 25.0 Å². The molecule has 0 aliphatic carbocycles. The average molecular weight is 405 g/mol. The Balaban J connectivity index is 1.81. The first kappa shape index (κ1) is 22.7. The number of esters is 1. The summed E-state index contributed by atoms with van der Waals surface area (Å²) >= 11 is 0. The summed E-state index contributed by atoms with van der Waals surface area (Å²) < 4.78 is 10.7. The van der Waals surface area contributed by atoms with Crippen molar-refractivity contribution in [1.82, 2.24) is 4.90 Å². The number of ether oxygens (including phenoxy) is 2. The van der Waals surface area contributed by atoms with Crippen LogP contribution in [0, 0.1) is 11.3 Å². The van der Waals surface area contributed by atoms with Gasteiger partial charge in [-0.25, -0.2) is 0 Å². The molecular formula is C22H32N2O5. The van der Waals surface area contributed by atoms with Gasteiger partial charge in [-0.1, -0.05) is 20.8 Å². The summed E-state index contributed by atoms with van der Waals surface area (Å²) in [5.41, 5.74) is 0.177. The van der Waals surface area contributed by atoms with Crippen molar-refractivity contribution in [3.8, 4) is 5.75 Å². The fourth-order valence-electron chi connectivity index (χ4n) is 3.16. The molecule has 1 N–H and O–H groups in total. The van der Waals surface area contributed by atoms with Crippen LogP contribution in [0.15, 0.2) is 24.3 Å². The highest BCUT2D eigenvalue weighted by molar-refractivity contribution is 5.95. The van der Waals surface area contributed by atoms with Gasteiger partial charge in [0.2, 0.25) is 5.91 Å². The van der Waals surface area contributed by atoms with Crippen molar-refractivity contribution in [2.24, 2.45) is 11.3 Å². The van der Waals surface area contributed by atoms with E-state index in [1.807, 2.05) is 27.7 Å². The van der Waals surface area contributed by atoms with Gasteiger partial charge in [0.05, 0.1) is 12.5 Å². The van der Waals surface area contributed by atoms with Crippen LogP contribution in [-0.2, 0) is 19.1 Å². The number of hydrogen-bond acceptors (Lipinski definition) is 5. The first-order valence-electron chi connectivity index (χ1n) is 10.2. The van der Waals surface area contributed by atoms with E-state index in [1.165, 1.54) is 0 Å². The summed E-state index contributed by atoms with van der Waals surface area (Å²) in [7, 11) is 0. The summed E-state index contributed by atoms with van der Waals surface area (Å²) in [6.45, 7) is 10.8. The van der Waals surface area contributed by atoms with Gasteiger partial charge in [-0.2, -0.15) is 0 Å². The Kier molecular flexibility index (Phi) is 7.65. The molecule has 7 heteroatoms. The SMILES string of the molecule is CCOc1ccc(NC(=O)C(C)OC(=O)C2CCN(C(=O)C(C)(C)C)CC2)cc1. The first-order valence-corrected chi connectivity index (χ1v) is 10.2. The summed E-state index contributed by atoms with van der Waals surface area (Å²) in [4.78, 5) is 38.9. The van der Waals surface area contributed by atoms with Gasteiger partial charge in [0.1, 0.15) is 5.75 Å². The normalized spacial score (nSPS) is 16.1. The largest absolute Gasteiger partial charge is 0.494 e. The van der Waals surface area contributed by atoms with Gasteiger partial charge < -0.3 is 19.7 Å². The number of carbonyl (C=O) groups excluding carboxylic acids is 3. The third kappa shape index (κ3) is 6.48. The van der Waals surface area contributed by atoms with Crippen LogP contribution in [0.25, 0.3) is 0 Å². The molecule has 0 saturated carbocycles. The molecular weight excluding hydrogens is 372 g/mol. The molecule has 1 atom stereocenters. The van der Waals surface area contributed by atoms with Crippen molar-refractivity contribution in [3.05, 3.63) is 24.3 Å². The maximum absolute atomic E-state index is 12.4. The van der Waals surface area contributed by atoms with Crippen molar-refractivity contribution >= 4 is 23.5 Å². The molecule has 1 aromatic carbocycles. The Morgan fingerprint density at radius 2 is 1.72 bits per heavy atom. The monoisotopic (exact) mass is 404 g/mol. The van der Waals surface area contributed by atoms with Crippen LogP contribution in [0.4, 0.5) is 5.69 Å². The van der Waals surface area contributed by atoms with Gasteiger partial charge in [-0.05, 0) is 51.0 Å². The minimum Gasteiger partial charge on any atom is -0.494 e. The summed E-state index contributed by atoms with van der Waals surface area (Å²) in [5.74, 6) is -0.251. The average Bonchev–Trinajstić information content (AvgIpc) is 2.68. The van der Waals surface area contributed by atoms with Gasteiger partial charge in [0.25, 0.3) is 5.91 Å². The molecule has 1 heterocycles. The predicted octanol–water partition coefficient (Wildman–Crippen LogP) is 3.24. The summed E-state index contributed by atoms with van der Waals surface area (Å²) in [6.07, 6.45) is 0.199. The van der Waals surface area contributed by atoms with Crippen LogP contribution < -0.4 is 10.1 Å². The van der Waals surface area contributed by atoms with Crippen molar-refractivity contribution in [1.29, 1.82) is 0 Å². The zero-order valence-corrected chi connectivity index (χ0v) is 18.0. The maximum Gasteiger partial charge on any atom is 0.309 e. The fraction of sp³-hybridized carbons (Fsp3) is 0.591. The van der Waals surface area contributed by atoms with Crippen molar-refractivity contribution in [2.45, 2.75) is 53.6 Å². The van der Waals surface area contributed by atoms with Crippen molar-refractivity contribution < 1.29 is 23.9 Å². The molecule has 0 radical (unpaired) electrons.